The Bertz CT molecular complexity index is 1960. The molecule has 4 N–H and O–H groups in total. The first-order valence-electron chi connectivity index (χ1n) is 18.1. The predicted octanol–water partition coefficient (Wildman–Crippen LogP) is 3.56. The summed E-state index contributed by atoms with van der Waals surface area (Å²) in [4.78, 5) is 89.1. The molecule has 14 nitrogen and oxygen atoms in total. The van der Waals surface area contributed by atoms with Gasteiger partial charge in [-0.3, -0.25) is 28.8 Å². The molecule has 0 unspecified atom stereocenters. The van der Waals surface area contributed by atoms with E-state index >= 15 is 0 Å². The highest BCUT2D eigenvalue weighted by atomic mass is 32.1. The summed E-state index contributed by atoms with van der Waals surface area (Å²) < 4.78 is 5.98. The van der Waals surface area contributed by atoms with Crippen molar-refractivity contribution < 1.29 is 33.2 Å². The zero-order chi connectivity index (χ0) is 39.6. The number of aromatic nitrogens is 1. The van der Waals surface area contributed by atoms with Crippen LogP contribution in [0.3, 0.4) is 0 Å². The van der Waals surface area contributed by atoms with Gasteiger partial charge in [0.2, 0.25) is 29.5 Å². The lowest BCUT2D eigenvalue weighted by Gasteiger charge is -2.29. The third kappa shape index (κ3) is 11.1. The average Bonchev–Trinajstić information content (AvgIpc) is 3.96. The van der Waals surface area contributed by atoms with Crippen molar-refractivity contribution in [1.82, 2.24) is 36.1 Å². The lowest BCUT2D eigenvalue weighted by Crippen LogP contribution is -2.57. The number of likely N-dealkylation sites (N-methyl/N-ethyl adjacent to an activating group) is 1. The number of hydrogen-bond acceptors (Lipinski definition) is 10. The number of carbonyl (C=O) groups excluding carboxylic acids is 6. The van der Waals surface area contributed by atoms with Crippen molar-refractivity contribution in [3.05, 3.63) is 87.4 Å². The van der Waals surface area contributed by atoms with Gasteiger partial charge in [0, 0.05) is 38.4 Å². The summed E-state index contributed by atoms with van der Waals surface area (Å²) in [6, 6.07) is 13.4. The van der Waals surface area contributed by atoms with E-state index < -0.39 is 53.7 Å². The Hall–Kier alpha value is -5.35. The van der Waals surface area contributed by atoms with Gasteiger partial charge >= 0.3 is 0 Å². The fraction of sp³-hybridized carbons (Fsp3) is 0.410. The molecule has 0 radical (unpaired) electrons. The third-order valence-electron chi connectivity index (χ3n) is 9.17. The van der Waals surface area contributed by atoms with Crippen LogP contribution in [0.2, 0.25) is 0 Å². The molecular formula is C39H47N7O7S2. The van der Waals surface area contributed by atoms with Crippen LogP contribution in [0.25, 0.3) is 10.6 Å². The highest BCUT2D eigenvalue weighted by Gasteiger charge is 2.31. The van der Waals surface area contributed by atoms with Crippen molar-refractivity contribution in [2.45, 2.75) is 71.1 Å². The van der Waals surface area contributed by atoms with Crippen LogP contribution in [-0.4, -0.2) is 95.0 Å². The Balaban J connectivity index is 1.41. The molecule has 4 aromatic rings. The second kappa shape index (κ2) is 18.8. The first-order valence-corrected chi connectivity index (χ1v) is 19.9. The van der Waals surface area contributed by atoms with E-state index in [1.807, 2.05) is 60.0 Å². The molecule has 5 rings (SSSR count). The number of hydrogen-bond donors (Lipinski definition) is 4. The Kier molecular flexibility index (Phi) is 14.0. The molecule has 0 fully saturated rings. The topological polar surface area (TPSA) is 183 Å². The van der Waals surface area contributed by atoms with Gasteiger partial charge in [-0.15, -0.1) is 22.7 Å². The molecule has 4 heterocycles. The van der Waals surface area contributed by atoms with Gasteiger partial charge in [0.1, 0.15) is 40.3 Å². The largest absolute Gasteiger partial charge is 0.460 e. The molecule has 4 atom stereocenters. The lowest BCUT2D eigenvalue weighted by molar-refractivity contribution is -0.139. The van der Waals surface area contributed by atoms with Crippen LogP contribution in [0.4, 0.5) is 0 Å². The minimum atomic E-state index is -1.02. The molecule has 0 saturated heterocycles. The third-order valence-corrected chi connectivity index (χ3v) is 11.0. The van der Waals surface area contributed by atoms with Gasteiger partial charge in [-0.05, 0) is 55.3 Å². The van der Waals surface area contributed by atoms with E-state index in [-0.39, 0.29) is 43.6 Å². The van der Waals surface area contributed by atoms with E-state index in [1.54, 1.807) is 37.6 Å². The highest BCUT2D eigenvalue weighted by molar-refractivity contribution is 7.13. The Labute approximate surface area is 328 Å². The number of nitrogens with one attached hydrogen (secondary N) is 4. The van der Waals surface area contributed by atoms with Gasteiger partial charge in [0.15, 0.2) is 0 Å². The normalized spacial score (nSPS) is 21.0. The standard InChI is InChI=1S/C39H47N7O7S2/c1-23(2)34-37(51)41-25(4)39(52)45(5)17-18-46(33(48)16-14-27-13-15-30(53-27)31-12-9-19-54-31)21-32(47)42-28(20-26-10-7-6-8-11-26)38-43-29(22-55-38)36(50)40-24(3)35(49)44-34/h6-13,15,19,22-25,28,34H,14,16-18,20-21H2,1-5H3,(H,40,50)(H,41,51)(H,42,47)(H,44,49)/t24-,25+,28-,34-/m0/s1. The second-order valence-corrected chi connectivity index (χ2v) is 15.7. The van der Waals surface area contributed by atoms with Crippen LogP contribution in [-0.2, 0) is 36.8 Å². The summed E-state index contributed by atoms with van der Waals surface area (Å²) in [5, 5.41) is 15.0. The zero-order valence-electron chi connectivity index (χ0n) is 31.5. The molecular weight excluding hydrogens is 743 g/mol. The average molecular weight is 790 g/mol. The van der Waals surface area contributed by atoms with Crippen LogP contribution < -0.4 is 21.3 Å². The van der Waals surface area contributed by atoms with E-state index in [2.05, 4.69) is 26.3 Å². The van der Waals surface area contributed by atoms with Crippen LogP contribution in [0.15, 0.2) is 69.8 Å². The SMILES string of the molecule is CC(C)[C@@H]1NC(=O)[C@H](C)NC(=O)c2csc(n2)[C@H](Cc2ccccc2)NC(=O)CN(C(=O)CCc2ccc(-c3cccs3)o2)CCN(C)C(=O)[C@@H](C)NC1=O. The smallest absolute Gasteiger partial charge is 0.271 e. The van der Waals surface area contributed by atoms with Crippen LogP contribution >= 0.6 is 22.7 Å². The van der Waals surface area contributed by atoms with Crippen molar-refractivity contribution in [2.75, 3.05) is 26.7 Å². The fourth-order valence-corrected chi connectivity index (χ4v) is 7.52. The van der Waals surface area contributed by atoms with Gasteiger partial charge in [-0.2, -0.15) is 0 Å². The Morgan fingerprint density at radius 2 is 1.65 bits per heavy atom. The maximum atomic E-state index is 13.8. The van der Waals surface area contributed by atoms with Gasteiger partial charge in [0.05, 0.1) is 17.5 Å². The Morgan fingerprint density at radius 1 is 0.891 bits per heavy atom. The minimum Gasteiger partial charge on any atom is -0.460 e. The first-order chi connectivity index (χ1) is 26.3. The summed E-state index contributed by atoms with van der Waals surface area (Å²) in [5.41, 5.74) is 0.971. The van der Waals surface area contributed by atoms with Crippen molar-refractivity contribution in [2.24, 2.45) is 5.92 Å². The number of furan rings is 1. The monoisotopic (exact) mass is 789 g/mol. The number of thiazole rings is 1. The van der Waals surface area contributed by atoms with E-state index in [4.69, 9.17) is 4.42 Å². The van der Waals surface area contributed by atoms with Gasteiger partial charge in [0.25, 0.3) is 5.91 Å². The molecule has 0 saturated carbocycles. The van der Waals surface area contributed by atoms with Crippen molar-refractivity contribution in [3.8, 4) is 10.6 Å². The molecule has 292 valence electrons. The maximum absolute atomic E-state index is 13.8. The summed E-state index contributed by atoms with van der Waals surface area (Å²) in [5.74, 6) is -1.98. The summed E-state index contributed by atoms with van der Waals surface area (Å²) >= 11 is 2.73. The summed E-state index contributed by atoms with van der Waals surface area (Å²) in [6.07, 6.45) is 0.701. The number of rotatable bonds is 7. The van der Waals surface area contributed by atoms with Crippen molar-refractivity contribution in [3.63, 3.8) is 0 Å². The van der Waals surface area contributed by atoms with Crippen LogP contribution in [0.1, 0.15) is 67.0 Å². The number of amides is 6. The zero-order valence-corrected chi connectivity index (χ0v) is 33.1. The van der Waals surface area contributed by atoms with E-state index in [0.29, 0.717) is 29.4 Å². The molecule has 1 aromatic carbocycles. The van der Waals surface area contributed by atoms with E-state index in [9.17, 15) is 28.8 Å². The number of aryl methyl sites for hydroxylation is 1. The van der Waals surface area contributed by atoms with E-state index in [1.165, 1.54) is 35.0 Å². The molecule has 55 heavy (non-hydrogen) atoms. The quantitative estimate of drug-likeness (QED) is 0.219. The number of carbonyl (C=O) groups is 6. The van der Waals surface area contributed by atoms with Gasteiger partial charge < -0.3 is 35.5 Å². The molecule has 0 spiro atoms. The predicted molar refractivity (Wildman–Crippen MR) is 209 cm³/mol. The van der Waals surface area contributed by atoms with Crippen molar-refractivity contribution in [1.29, 1.82) is 0 Å². The molecule has 3 aromatic heterocycles. The maximum Gasteiger partial charge on any atom is 0.271 e. The summed E-state index contributed by atoms with van der Waals surface area (Å²) in [7, 11) is 1.56. The molecule has 2 bridgehead atoms. The molecule has 0 aliphatic carbocycles. The number of nitrogens with zero attached hydrogens (tertiary/aromatic N) is 3. The van der Waals surface area contributed by atoms with Crippen LogP contribution in [0.5, 0.6) is 0 Å². The molecule has 1 aliphatic heterocycles. The first kappa shape index (κ1) is 40.8. The lowest BCUT2D eigenvalue weighted by atomic mass is 10.0. The van der Waals surface area contributed by atoms with Gasteiger partial charge in [-0.25, -0.2) is 4.98 Å². The second-order valence-electron chi connectivity index (χ2n) is 13.9. The number of thiophene rings is 1. The van der Waals surface area contributed by atoms with Crippen molar-refractivity contribution >= 4 is 58.1 Å². The number of benzene rings is 1. The molecule has 1 aliphatic rings. The van der Waals surface area contributed by atoms with Crippen LogP contribution in [0, 0.1) is 5.92 Å². The number of fused-ring (bicyclic) bond motifs is 2. The highest BCUT2D eigenvalue weighted by Crippen LogP contribution is 2.27. The molecule has 16 heteroatoms. The minimum absolute atomic E-state index is 0.0290. The fourth-order valence-electron chi connectivity index (χ4n) is 5.98. The van der Waals surface area contributed by atoms with Gasteiger partial charge in [-0.1, -0.05) is 50.2 Å². The molecule has 6 amide bonds. The van der Waals surface area contributed by atoms with E-state index in [0.717, 1.165) is 10.4 Å². The summed E-state index contributed by atoms with van der Waals surface area (Å²) in [6.45, 7) is 6.33. The Morgan fingerprint density at radius 3 is 2.36 bits per heavy atom.